The van der Waals surface area contributed by atoms with E-state index in [4.69, 9.17) is 11.6 Å². The number of likely N-dealkylation sites (tertiary alicyclic amines) is 1. The Morgan fingerprint density at radius 2 is 2.00 bits per heavy atom. The van der Waals surface area contributed by atoms with E-state index < -0.39 is 5.60 Å². The molecule has 1 aromatic rings. The van der Waals surface area contributed by atoms with Crippen molar-refractivity contribution in [3.63, 3.8) is 0 Å². The molecule has 1 heterocycles. The molecule has 0 unspecified atom stereocenters. The molecule has 0 aromatic heterocycles. The normalized spacial score (nSPS) is 18.7. The van der Waals surface area contributed by atoms with E-state index in [0.29, 0.717) is 31.0 Å². The number of nitrogens with zero attached hydrogens (tertiary/aromatic N) is 1. The number of halogens is 1. The molecule has 98 valence electrons. The summed E-state index contributed by atoms with van der Waals surface area (Å²) in [5.41, 5.74) is -0.489. The Kier molecular flexibility index (Phi) is 3.50. The highest BCUT2D eigenvalue weighted by Crippen LogP contribution is 2.26. The van der Waals surface area contributed by atoms with E-state index in [1.54, 1.807) is 11.8 Å². The smallest absolute Gasteiger partial charge is 0.257 e. The van der Waals surface area contributed by atoms with Crippen molar-refractivity contribution >= 4 is 17.5 Å². The summed E-state index contributed by atoms with van der Waals surface area (Å²) >= 11 is 5.82. The molecule has 1 aromatic carbocycles. The van der Waals surface area contributed by atoms with E-state index in [9.17, 15) is 15.0 Å². The third-order valence-electron chi connectivity index (χ3n) is 3.32. The molecule has 2 rings (SSSR count). The molecule has 0 atom stereocenters. The zero-order valence-corrected chi connectivity index (χ0v) is 10.9. The van der Waals surface area contributed by atoms with Crippen LogP contribution in [0.15, 0.2) is 18.2 Å². The number of carbonyl (C=O) groups is 1. The fraction of sp³-hybridized carbons (Fsp3) is 0.462. The van der Waals surface area contributed by atoms with E-state index in [0.717, 1.165) is 0 Å². The molecule has 18 heavy (non-hydrogen) atoms. The quantitative estimate of drug-likeness (QED) is 0.820. The van der Waals surface area contributed by atoms with Gasteiger partial charge in [-0.2, -0.15) is 0 Å². The van der Waals surface area contributed by atoms with Crippen molar-refractivity contribution in [2.45, 2.75) is 25.4 Å². The lowest BCUT2D eigenvalue weighted by Crippen LogP contribution is -2.45. The Labute approximate surface area is 111 Å². The summed E-state index contributed by atoms with van der Waals surface area (Å²) in [7, 11) is 0. The fourth-order valence-corrected chi connectivity index (χ4v) is 2.21. The van der Waals surface area contributed by atoms with Gasteiger partial charge in [-0.1, -0.05) is 11.6 Å². The first-order chi connectivity index (χ1) is 8.39. The molecule has 4 nitrogen and oxygen atoms in total. The molecule has 1 aliphatic heterocycles. The molecule has 0 saturated carbocycles. The number of rotatable bonds is 1. The summed E-state index contributed by atoms with van der Waals surface area (Å²) in [6.45, 7) is 2.74. The van der Waals surface area contributed by atoms with Crippen LogP contribution in [0.5, 0.6) is 5.75 Å². The average Bonchev–Trinajstić information content (AvgIpc) is 2.31. The zero-order chi connectivity index (χ0) is 13.3. The van der Waals surface area contributed by atoms with Gasteiger partial charge in [-0.15, -0.1) is 0 Å². The summed E-state index contributed by atoms with van der Waals surface area (Å²) < 4.78 is 0. The summed E-state index contributed by atoms with van der Waals surface area (Å²) in [6, 6.07) is 4.41. The number of phenols is 1. The Morgan fingerprint density at radius 1 is 1.39 bits per heavy atom. The van der Waals surface area contributed by atoms with Gasteiger partial charge in [-0.25, -0.2) is 0 Å². The second-order valence-electron chi connectivity index (χ2n) is 4.95. The van der Waals surface area contributed by atoms with Gasteiger partial charge in [0.05, 0.1) is 11.2 Å². The third kappa shape index (κ3) is 2.76. The van der Waals surface area contributed by atoms with Crippen molar-refractivity contribution < 1.29 is 15.0 Å². The molecule has 0 bridgehead atoms. The first-order valence-corrected chi connectivity index (χ1v) is 6.27. The number of aromatic hydroxyl groups is 1. The van der Waals surface area contributed by atoms with Crippen LogP contribution in [0.2, 0.25) is 5.02 Å². The van der Waals surface area contributed by atoms with Crippen LogP contribution in [0.25, 0.3) is 0 Å². The second kappa shape index (κ2) is 4.78. The number of phenolic OH excluding ortho intramolecular Hbond substituents is 1. The lowest BCUT2D eigenvalue weighted by Gasteiger charge is -2.35. The lowest BCUT2D eigenvalue weighted by atomic mass is 9.93. The number of carbonyl (C=O) groups excluding carboxylic acids is 1. The molecule has 5 heteroatoms. The van der Waals surface area contributed by atoms with Crippen molar-refractivity contribution in [1.29, 1.82) is 0 Å². The van der Waals surface area contributed by atoms with Gasteiger partial charge in [0.25, 0.3) is 5.91 Å². The zero-order valence-electron chi connectivity index (χ0n) is 10.2. The number of hydrogen-bond acceptors (Lipinski definition) is 3. The van der Waals surface area contributed by atoms with Gasteiger partial charge in [-0.05, 0) is 38.0 Å². The minimum Gasteiger partial charge on any atom is -0.507 e. The van der Waals surface area contributed by atoms with Gasteiger partial charge in [0.2, 0.25) is 0 Å². The number of piperidine rings is 1. The van der Waals surface area contributed by atoms with E-state index in [1.807, 2.05) is 0 Å². The number of hydrogen-bond donors (Lipinski definition) is 2. The molecule has 1 saturated heterocycles. The minimum absolute atomic E-state index is 0.0678. The largest absolute Gasteiger partial charge is 0.507 e. The first-order valence-electron chi connectivity index (χ1n) is 5.89. The molecule has 0 aliphatic carbocycles. The van der Waals surface area contributed by atoms with Gasteiger partial charge < -0.3 is 15.1 Å². The molecule has 0 radical (unpaired) electrons. The molecule has 1 amide bonds. The van der Waals surface area contributed by atoms with Crippen LogP contribution in [-0.4, -0.2) is 39.7 Å². The molecular formula is C13H16ClNO3. The maximum Gasteiger partial charge on any atom is 0.257 e. The van der Waals surface area contributed by atoms with Gasteiger partial charge in [0.1, 0.15) is 5.75 Å². The minimum atomic E-state index is -0.701. The lowest BCUT2D eigenvalue weighted by molar-refractivity contribution is -0.00208. The molecule has 1 fully saturated rings. The third-order valence-corrected chi connectivity index (χ3v) is 3.55. The van der Waals surface area contributed by atoms with Crippen LogP contribution in [0.4, 0.5) is 0 Å². The first kappa shape index (κ1) is 13.2. The Bertz CT molecular complexity index is 463. The van der Waals surface area contributed by atoms with Crippen molar-refractivity contribution in [2.75, 3.05) is 13.1 Å². The number of benzene rings is 1. The summed E-state index contributed by atoms with van der Waals surface area (Å²) in [5, 5.41) is 19.9. The fourth-order valence-electron chi connectivity index (χ4n) is 2.04. The predicted octanol–water partition coefficient (Wildman–Crippen LogP) is 2.03. The summed E-state index contributed by atoms with van der Waals surface area (Å²) in [6.07, 6.45) is 1.08. The molecular weight excluding hydrogens is 254 g/mol. The van der Waals surface area contributed by atoms with Crippen molar-refractivity contribution in [3.8, 4) is 5.75 Å². The Hall–Kier alpha value is -1.26. The molecule has 0 spiro atoms. The van der Waals surface area contributed by atoms with E-state index in [1.165, 1.54) is 18.2 Å². The molecule has 1 aliphatic rings. The van der Waals surface area contributed by atoms with Gasteiger partial charge in [0.15, 0.2) is 0 Å². The van der Waals surface area contributed by atoms with Crippen molar-refractivity contribution in [3.05, 3.63) is 28.8 Å². The Morgan fingerprint density at radius 3 is 2.61 bits per heavy atom. The van der Waals surface area contributed by atoms with Crippen LogP contribution in [0.3, 0.4) is 0 Å². The van der Waals surface area contributed by atoms with Gasteiger partial charge in [0, 0.05) is 18.1 Å². The van der Waals surface area contributed by atoms with Crippen LogP contribution >= 0.6 is 11.6 Å². The predicted molar refractivity (Wildman–Crippen MR) is 68.9 cm³/mol. The topological polar surface area (TPSA) is 60.8 Å². The van der Waals surface area contributed by atoms with E-state index in [2.05, 4.69) is 0 Å². The number of aliphatic hydroxyl groups is 1. The second-order valence-corrected chi connectivity index (χ2v) is 5.39. The van der Waals surface area contributed by atoms with Crippen LogP contribution in [0, 0.1) is 0 Å². The molecule has 2 N–H and O–H groups in total. The summed E-state index contributed by atoms with van der Waals surface area (Å²) in [5.74, 6) is -0.313. The Balaban J connectivity index is 2.15. The van der Waals surface area contributed by atoms with Gasteiger partial charge in [-0.3, -0.25) is 4.79 Å². The van der Waals surface area contributed by atoms with Crippen molar-refractivity contribution in [1.82, 2.24) is 4.90 Å². The number of amides is 1. The highest BCUT2D eigenvalue weighted by atomic mass is 35.5. The van der Waals surface area contributed by atoms with Crippen molar-refractivity contribution in [2.24, 2.45) is 0 Å². The monoisotopic (exact) mass is 269 g/mol. The average molecular weight is 270 g/mol. The maximum absolute atomic E-state index is 12.2. The van der Waals surface area contributed by atoms with Crippen LogP contribution in [-0.2, 0) is 0 Å². The van der Waals surface area contributed by atoms with E-state index >= 15 is 0 Å². The summed E-state index contributed by atoms with van der Waals surface area (Å²) in [4.78, 5) is 13.8. The highest BCUT2D eigenvalue weighted by Gasteiger charge is 2.30. The van der Waals surface area contributed by atoms with Crippen LogP contribution in [0.1, 0.15) is 30.1 Å². The van der Waals surface area contributed by atoms with E-state index in [-0.39, 0.29) is 17.2 Å². The van der Waals surface area contributed by atoms with Gasteiger partial charge >= 0.3 is 0 Å². The SMILES string of the molecule is CC1(O)CCN(C(=O)c2cc(Cl)ccc2O)CC1. The maximum atomic E-state index is 12.2. The van der Waals surface area contributed by atoms with Crippen LogP contribution < -0.4 is 0 Å². The highest BCUT2D eigenvalue weighted by molar-refractivity contribution is 6.31. The standard InChI is InChI=1S/C13H16ClNO3/c1-13(18)4-6-15(7-5-13)12(17)10-8-9(14)2-3-11(10)16/h2-3,8,16,18H,4-7H2,1H3.